The van der Waals surface area contributed by atoms with Crippen LogP contribution in [0.1, 0.15) is 33.5 Å². The van der Waals surface area contributed by atoms with E-state index < -0.39 is 0 Å². The van der Waals surface area contributed by atoms with E-state index in [0.29, 0.717) is 6.04 Å². The van der Waals surface area contributed by atoms with Gasteiger partial charge in [0.05, 0.1) is 0 Å². The van der Waals surface area contributed by atoms with Crippen molar-refractivity contribution in [2.75, 3.05) is 24.5 Å². The van der Waals surface area contributed by atoms with Gasteiger partial charge in [-0.25, -0.2) is 4.98 Å². The zero-order valence-electron chi connectivity index (χ0n) is 10.4. The Balaban J connectivity index is 2.12. The third-order valence-corrected chi connectivity index (χ3v) is 3.50. The highest BCUT2D eigenvalue weighted by molar-refractivity contribution is 7.09. The summed E-state index contributed by atoms with van der Waals surface area (Å²) in [4.78, 5) is 6.97. The van der Waals surface area contributed by atoms with E-state index in [2.05, 4.69) is 47.3 Å². The van der Waals surface area contributed by atoms with E-state index in [1.165, 1.54) is 11.5 Å². The van der Waals surface area contributed by atoms with Crippen LogP contribution >= 0.6 is 11.5 Å². The largest absolute Gasteiger partial charge is 0.344 e. The molecule has 2 rings (SSSR count). The summed E-state index contributed by atoms with van der Waals surface area (Å²) < 4.78 is 4.46. The average Bonchev–Trinajstić information content (AvgIpc) is 2.65. The predicted octanol–water partition coefficient (Wildman–Crippen LogP) is 1.63. The van der Waals surface area contributed by atoms with Gasteiger partial charge in [0, 0.05) is 42.6 Å². The van der Waals surface area contributed by atoms with E-state index in [4.69, 9.17) is 0 Å². The van der Waals surface area contributed by atoms with Crippen LogP contribution in [0.2, 0.25) is 0 Å². The van der Waals surface area contributed by atoms with Gasteiger partial charge in [0.1, 0.15) is 5.82 Å². The molecule has 2 heterocycles. The molecule has 0 amide bonds. The third kappa shape index (κ3) is 2.52. The quantitative estimate of drug-likeness (QED) is 0.810. The van der Waals surface area contributed by atoms with Gasteiger partial charge < -0.3 is 10.2 Å². The minimum atomic E-state index is 0.0500. The van der Waals surface area contributed by atoms with Gasteiger partial charge in [-0.05, 0) is 6.92 Å². The second kappa shape index (κ2) is 4.30. The highest BCUT2D eigenvalue weighted by Crippen LogP contribution is 2.25. The lowest BCUT2D eigenvalue weighted by atomic mass is 9.96. The second-order valence-corrected chi connectivity index (χ2v) is 6.18. The Morgan fingerprint density at radius 1 is 1.44 bits per heavy atom. The van der Waals surface area contributed by atoms with Crippen molar-refractivity contribution in [3.05, 3.63) is 5.82 Å². The van der Waals surface area contributed by atoms with Gasteiger partial charge in [-0.15, -0.1) is 0 Å². The minimum Gasteiger partial charge on any atom is -0.344 e. The van der Waals surface area contributed by atoms with E-state index in [-0.39, 0.29) is 5.41 Å². The van der Waals surface area contributed by atoms with Gasteiger partial charge in [0.25, 0.3) is 0 Å². The van der Waals surface area contributed by atoms with Crippen LogP contribution in [0.25, 0.3) is 0 Å². The molecule has 1 aromatic rings. The fourth-order valence-electron chi connectivity index (χ4n) is 1.75. The lowest BCUT2D eigenvalue weighted by molar-refractivity contribution is 0.483. The van der Waals surface area contributed by atoms with Crippen molar-refractivity contribution < 1.29 is 0 Å². The number of aromatic nitrogens is 2. The van der Waals surface area contributed by atoms with E-state index in [1.54, 1.807) is 0 Å². The molecule has 90 valence electrons. The van der Waals surface area contributed by atoms with Gasteiger partial charge in [0.2, 0.25) is 5.13 Å². The Hall–Kier alpha value is -0.680. The minimum absolute atomic E-state index is 0.0500. The maximum absolute atomic E-state index is 4.65. The molecule has 0 spiro atoms. The summed E-state index contributed by atoms with van der Waals surface area (Å²) >= 11 is 1.52. The standard InChI is InChI=1S/C11H20N4S/c1-8-7-15(6-5-12-8)10-13-9(14-16-10)11(2,3)4/h8,12H,5-7H2,1-4H3/t8-/m1/s1. The van der Waals surface area contributed by atoms with Gasteiger partial charge in [-0.2, -0.15) is 4.37 Å². The van der Waals surface area contributed by atoms with Crippen molar-refractivity contribution in [1.29, 1.82) is 0 Å². The van der Waals surface area contributed by atoms with Crippen LogP contribution in [0.3, 0.4) is 0 Å². The molecule has 0 aliphatic carbocycles. The van der Waals surface area contributed by atoms with Crippen LogP contribution < -0.4 is 10.2 Å². The molecule has 0 radical (unpaired) electrons. The van der Waals surface area contributed by atoms with Crippen molar-refractivity contribution in [2.24, 2.45) is 0 Å². The summed E-state index contributed by atoms with van der Waals surface area (Å²) in [6, 6.07) is 0.538. The number of rotatable bonds is 1. The molecule has 0 aromatic carbocycles. The van der Waals surface area contributed by atoms with Gasteiger partial charge >= 0.3 is 0 Å². The molecule has 0 saturated carbocycles. The molecular formula is C11H20N4S. The molecule has 1 N–H and O–H groups in total. The molecule has 1 aliphatic rings. The molecule has 1 saturated heterocycles. The number of anilines is 1. The van der Waals surface area contributed by atoms with Crippen LogP contribution in [-0.4, -0.2) is 35.0 Å². The number of nitrogens with one attached hydrogen (secondary N) is 1. The maximum atomic E-state index is 4.65. The Labute approximate surface area is 101 Å². The first-order valence-corrected chi connectivity index (χ1v) is 6.56. The van der Waals surface area contributed by atoms with E-state index >= 15 is 0 Å². The van der Waals surface area contributed by atoms with Crippen molar-refractivity contribution in [3.8, 4) is 0 Å². The number of nitrogens with zero attached hydrogens (tertiary/aromatic N) is 3. The third-order valence-electron chi connectivity index (χ3n) is 2.73. The summed E-state index contributed by atoms with van der Waals surface area (Å²) in [5, 5.41) is 4.50. The van der Waals surface area contributed by atoms with Gasteiger partial charge in [0.15, 0.2) is 0 Å². The lowest BCUT2D eigenvalue weighted by Crippen LogP contribution is -2.49. The molecule has 1 fully saturated rings. The predicted molar refractivity (Wildman–Crippen MR) is 68.3 cm³/mol. The first-order chi connectivity index (χ1) is 7.47. The van der Waals surface area contributed by atoms with Crippen LogP contribution in [0.5, 0.6) is 0 Å². The number of hydrogen-bond acceptors (Lipinski definition) is 5. The summed E-state index contributed by atoms with van der Waals surface area (Å²) in [5.74, 6) is 0.957. The van der Waals surface area contributed by atoms with E-state index in [9.17, 15) is 0 Å². The monoisotopic (exact) mass is 240 g/mol. The van der Waals surface area contributed by atoms with Crippen molar-refractivity contribution >= 4 is 16.7 Å². The zero-order chi connectivity index (χ0) is 11.8. The molecule has 5 heteroatoms. The normalized spacial score (nSPS) is 22.5. The average molecular weight is 240 g/mol. The van der Waals surface area contributed by atoms with Crippen molar-refractivity contribution in [2.45, 2.75) is 39.2 Å². The van der Waals surface area contributed by atoms with Crippen molar-refractivity contribution in [1.82, 2.24) is 14.7 Å². The Morgan fingerprint density at radius 2 is 2.19 bits per heavy atom. The molecule has 1 aromatic heterocycles. The van der Waals surface area contributed by atoms with Crippen LogP contribution in [0.4, 0.5) is 5.13 Å². The Kier molecular flexibility index (Phi) is 3.17. The molecular weight excluding hydrogens is 220 g/mol. The smallest absolute Gasteiger partial charge is 0.205 e. The summed E-state index contributed by atoms with van der Waals surface area (Å²) in [6.45, 7) is 11.8. The topological polar surface area (TPSA) is 41.1 Å². The number of hydrogen-bond donors (Lipinski definition) is 1. The summed E-state index contributed by atoms with van der Waals surface area (Å²) in [5.41, 5.74) is 0.0500. The Bertz CT molecular complexity index is 355. The molecule has 16 heavy (non-hydrogen) atoms. The molecule has 1 aliphatic heterocycles. The fraction of sp³-hybridized carbons (Fsp3) is 0.818. The van der Waals surface area contributed by atoms with Crippen molar-refractivity contribution in [3.63, 3.8) is 0 Å². The first kappa shape index (κ1) is 11.8. The van der Waals surface area contributed by atoms with Crippen LogP contribution in [0, 0.1) is 0 Å². The highest BCUT2D eigenvalue weighted by atomic mass is 32.1. The van der Waals surface area contributed by atoms with E-state index in [1.807, 2.05) is 0 Å². The van der Waals surface area contributed by atoms with Gasteiger partial charge in [-0.1, -0.05) is 20.8 Å². The molecule has 0 unspecified atom stereocenters. The van der Waals surface area contributed by atoms with Crippen LogP contribution in [-0.2, 0) is 5.41 Å². The highest BCUT2D eigenvalue weighted by Gasteiger charge is 2.23. The second-order valence-electron chi connectivity index (χ2n) is 5.45. The molecule has 4 nitrogen and oxygen atoms in total. The fourth-order valence-corrected chi connectivity index (χ4v) is 2.65. The first-order valence-electron chi connectivity index (χ1n) is 5.79. The Morgan fingerprint density at radius 3 is 2.75 bits per heavy atom. The lowest BCUT2D eigenvalue weighted by Gasteiger charge is -2.31. The molecule has 0 bridgehead atoms. The number of piperazine rings is 1. The SMILES string of the molecule is C[C@@H]1CN(c2nc(C(C)(C)C)ns2)CCN1. The molecule has 1 atom stereocenters. The van der Waals surface area contributed by atoms with E-state index in [0.717, 1.165) is 30.6 Å². The van der Waals surface area contributed by atoms with Crippen LogP contribution in [0.15, 0.2) is 0 Å². The zero-order valence-corrected chi connectivity index (χ0v) is 11.3. The maximum Gasteiger partial charge on any atom is 0.205 e. The summed E-state index contributed by atoms with van der Waals surface area (Å²) in [6.07, 6.45) is 0. The van der Waals surface area contributed by atoms with Gasteiger partial charge in [-0.3, -0.25) is 0 Å². The summed E-state index contributed by atoms with van der Waals surface area (Å²) in [7, 11) is 0.